The predicted octanol–water partition coefficient (Wildman–Crippen LogP) is 0.938. The molecule has 4 heterocycles. The van der Waals surface area contributed by atoms with E-state index in [4.69, 9.17) is 6.42 Å². The molecule has 2 N–H and O–H groups in total. The molecule has 5 nitrogen and oxygen atoms in total. The molecule has 0 aromatic carbocycles. The molecule has 2 aromatic heterocycles. The molecule has 4 rings (SSSR count). The molecule has 2 bridgehead atoms. The number of nitrogens with zero attached hydrogens (tertiary/aromatic N) is 2. The van der Waals surface area contributed by atoms with Crippen LogP contribution in [0, 0.1) is 12.3 Å². The van der Waals surface area contributed by atoms with Gasteiger partial charge in [-0.05, 0) is 31.4 Å². The van der Waals surface area contributed by atoms with E-state index < -0.39 is 0 Å². The van der Waals surface area contributed by atoms with Crippen LogP contribution in [0.3, 0.4) is 0 Å². The van der Waals surface area contributed by atoms with E-state index >= 15 is 0 Å². The Morgan fingerprint density at radius 2 is 2.38 bits per heavy atom. The van der Waals surface area contributed by atoms with Gasteiger partial charge >= 0.3 is 0 Å². The van der Waals surface area contributed by atoms with Crippen LogP contribution in [0.5, 0.6) is 0 Å². The van der Waals surface area contributed by atoms with E-state index in [2.05, 4.69) is 21.5 Å². The average Bonchev–Trinajstić information content (AvgIpc) is 3.21. The molecule has 2 aromatic rings. The number of fused-ring (bicyclic) bond motifs is 3. The first-order chi connectivity index (χ1) is 10.2. The van der Waals surface area contributed by atoms with Crippen LogP contribution in [0.15, 0.2) is 24.5 Å². The zero-order valence-corrected chi connectivity index (χ0v) is 11.5. The molecule has 0 aliphatic carbocycles. The minimum absolute atomic E-state index is 0.132. The lowest BCUT2D eigenvalue weighted by Gasteiger charge is -2.21. The summed E-state index contributed by atoms with van der Waals surface area (Å²) in [5, 5.41) is 6.60. The maximum atomic E-state index is 12.4. The highest BCUT2D eigenvalue weighted by atomic mass is 16.2. The van der Waals surface area contributed by atoms with Crippen LogP contribution in [0.2, 0.25) is 0 Å². The van der Waals surface area contributed by atoms with Gasteiger partial charge in [-0.2, -0.15) is 0 Å². The smallest absolute Gasteiger partial charge is 0.271 e. The number of hydrogen-bond donors (Lipinski definition) is 2. The van der Waals surface area contributed by atoms with Gasteiger partial charge in [0.2, 0.25) is 0 Å². The van der Waals surface area contributed by atoms with Gasteiger partial charge in [0.15, 0.2) is 0 Å². The number of amides is 1. The summed E-state index contributed by atoms with van der Waals surface area (Å²) in [6.45, 7) is 0. The summed E-state index contributed by atoms with van der Waals surface area (Å²) in [6.07, 6.45) is 12.2. The van der Waals surface area contributed by atoms with Gasteiger partial charge in [0, 0.05) is 24.3 Å². The minimum atomic E-state index is -0.132. The van der Waals surface area contributed by atoms with E-state index in [0.29, 0.717) is 17.8 Å². The molecule has 0 radical (unpaired) electrons. The maximum Gasteiger partial charge on any atom is 0.271 e. The maximum absolute atomic E-state index is 12.4. The highest BCUT2D eigenvalue weighted by molar-refractivity contribution is 5.92. The molecule has 21 heavy (non-hydrogen) atoms. The molecule has 2 saturated heterocycles. The van der Waals surface area contributed by atoms with Gasteiger partial charge in [0.1, 0.15) is 5.69 Å². The molecule has 5 heteroatoms. The molecule has 106 valence electrons. The van der Waals surface area contributed by atoms with Crippen molar-refractivity contribution in [1.29, 1.82) is 0 Å². The fraction of sp³-hybridized carbons (Fsp3) is 0.375. The zero-order chi connectivity index (χ0) is 14.4. The van der Waals surface area contributed by atoms with Crippen molar-refractivity contribution < 1.29 is 4.79 Å². The van der Waals surface area contributed by atoms with Crippen molar-refractivity contribution >= 4 is 11.4 Å². The molecule has 0 spiro atoms. The summed E-state index contributed by atoms with van der Waals surface area (Å²) < 4.78 is 1.82. The first kappa shape index (κ1) is 12.4. The fourth-order valence-electron chi connectivity index (χ4n) is 3.47. The Labute approximate surface area is 122 Å². The highest BCUT2D eigenvalue weighted by Gasteiger charge is 2.39. The summed E-state index contributed by atoms with van der Waals surface area (Å²) in [5.41, 5.74) is 2.02. The molecule has 1 amide bonds. The van der Waals surface area contributed by atoms with Gasteiger partial charge in [-0.15, -0.1) is 6.42 Å². The Hall–Kier alpha value is -2.32. The van der Waals surface area contributed by atoms with E-state index in [-0.39, 0.29) is 11.9 Å². The number of terminal acetylenes is 1. The molecule has 0 saturated carbocycles. The number of nitrogens with one attached hydrogen (secondary N) is 2. The molecule has 0 unspecified atom stereocenters. The first-order valence-electron chi connectivity index (χ1n) is 7.25. The standard InChI is InChI=1S/C16H16N4O/c1-2-11-4-5-12-8-17-15(9-20(11)12)16(21)19-14-7-10-3-6-13(14)18-10/h1,4-5,8-10,13-14,18H,3,6-7H2,(H,19,21)/t10-,13+,14-/m1/s1. The van der Waals surface area contributed by atoms with Crippen LogP contribution < -0.4 is 10.6 Å². The minimum Gasteiger partial charge on any atom is -0.346 e. The monoisotopic (exact) mass is 280 g/mol. The van der Waals surface area contributed by atoms with E-state index in [1.54, 1.807) is 12.4 Å². The Morgan fingerprint density at radius 1 is 1.48 bits per heavy atom. The fourth-order valence-corrected chi connectivity index (χ4v) is 3.47. The van der Waals surface area contributed by atoms with Crippen molar-refractivity contribution in [2.24, 2.45) is 0 Å². The Morgan fingerprint density at radius 3 is 3.10 bits per heavy atom. The van der Waals surface area contributed by atoms with Crippen LogP contribution in [0.4, 0.5) is 0 Å². The van der Waals surface area contributed by atoms with Gasteiger partial charge in [0.05, 0.1) is 17.4 Å². The number of carbonyl (C=O) groups is 1. The van der Waals surface area contributed by atoms with E-state index in [1.807, 2.05) is 16.5 Å². The van der Waals surface area contributed by atoms with Crippen molar-refractivity contribution in [2.75, 3.05) is 0 Å². The molecular weight excluding hydrogens is 264 g/mol. The Kier molecular flexibility index (Phi) is 2.72. The quantitative estimate of drug-likeness (QED) is 0.805. The summed E-state index contributed by atoms with van der Waals surface area (Å²) in [7, 11) is 0. The van der Waals surface area contributed by atoms with Crippen LogP contribution in [-0.4, -0.2) is 33.4 Å². The Bertz CT molecular complexity index is 757. The predicted molar refractivity (Wildman–Crippen MR) is 78.9 cm³/mol. The summed E-state index contributed by atoms with van der Waals surface area (Å²) in [5.74, 6) is 2.47. The molecule has 2 fully saturated rings. The second-order valence-electron chi connectivity index (χ2n) is 5.79. The van der Waals surface area contributed by atoms with Gasteiger partial charge in [-0.3, -0.25) is 4.79 Å². The molecule has 2 aliphatic rings. The average molecular weight is 280 g/mol. The van der Waals surface area contributed by atoms with Crippen LogP contribution >= 0.6 is 0 Å². The van der Waals surface area contributed by atoms with Gasteiger partial charge < -0.3 is 15.0 Å². The van der Waals surface area contributed by atoms with Crippen molar-refractivity contribution in [1.82, 2.24) is 20.0 Å². The number of carbonyl (C=O) groups excluding carboxylic acids is 1. The Balaban J connectivity index is 1.58. The van der Waals surface area contributed by atoms with Gasteiger partial charge in [0.25, 0.3) is 5.91 Å². The van der Waals surface area contributed by atoms with Crippen LogP contribution in [0.1, 0.15) is 35.4 Å². The summed E-state index contributed by atoms with van der Waals surface area (Å²) >= 11 is 0. The van der Waals surface area contributed by atoms with Crippen LogP contribution in [0.25, 0.3) is 5.52 Å². The van der Waals surface area contributed by atoms with E-state index in [9.17, 15) is 4.79 Å². The highest BCUT2D eigenvalue weighted by Crippen LogP contribution is 2.28. The second kappa shape index (κ2) is 4.61. The third-order valence-corrected chi connectivity index (χ3v) is 4.53. The third-order valence-electron chi connectivity index (χ3n) is 4.53. The first-order valence-corrected chi connectivity index (χ1v) is 7.25. The summed E-state index contributed by atoms with van der Waals surface area (Å²) in [6, 6.07) is 4.93. The summed E-state index contributed by atoms with van der Waals surface area (Å²) in [4.78, 5) is 16.6. The van der Waals surface area contributed by atoms with Gasteiger partial charge in [-0.25, -0.2) is 4.98 Å². The lowest BCUT2D eigenvalue weighted by molar-refractivity contribution is 0.0925. The second-order valence-corrected chi connectivity index (χ2v) is 5.79. The van der Waals surface area contributed by atoms with E-state index in [0.717, 1.165) is 24.1 Å². The lowest BCUT2D eigenvalue weighted by atomic mass is 9.95. The normalized spacial score (nSPS) is 26.9. The molecule has 3 atom stereocenters. The SMILES string of the molecule is C#Cc1ccc2cnc(C(=O)N[C@@H]3C[C@H]4CC[C@@H]3N4)cn12. The van der Waals surface area contributed by atoms with Crippen molar-refractivity contribution in [3.8, 4) is 12.3 Å². The topological polar surface area (TPSA) is 58.4 Å². The number of hydrogen-bond acceptors (Lipinski definition) is 3. The van der Waals surface area contributed by atoms with Crippen molar-refractivity contribution in [3.05, 3.63) is 35.9 Å². The zero-order valence-electron chi connectivity index (χ0n) is 11.5. The van der Waals surface area contributed by atoms with Gasteiger partial charge in [-0.1, -0.05) is 5.92 Å². The van der Waals surface area contributed by atoms with Crippen molar-refractivity contribution in [3.63, 3.8) is 0 Å². The van der Waals surface area contributed by atoms with E-state index in [1.165, 1.54) is 6.42 Å². The van der Waals surface area contributed by atoms with Crippen molar-refractivity contribution in [2.45, 2.75) is 37.4 Å². The number of rotatable bonds is 2. The molecular formula is C16H16N4O. The van der Waals surface area contributed by atoms with Crippen LogP contribution in [-0.2, 0) is 0 Å². The largest absolute Gasteiger partial charge is 0.346 e. The number of aromatic nitrogens is 2. The molecule has 2 aliphatic heterocycles. The third kappa shape index (κ3) is 1.99. The lowest BCUT2D eigenvalue weighted by Crippen LogP contribution is -2.43.